The summed E-state index contributed by atoms with van der Waals surface area (Å²) in [6.45, 7) is 12.2. The van der Waals surface area contributed by atoms with Crippen LogP contribution in [-0.2, 0) is 0 Å². The van der Waals surface area contributed by atoms with E-state index in [2.05, 4.69) is 63.4 Å². The van der Waals surface area contributed by atoms with Crippen molar-refractivity contribution in [3.63, 3.8) is 0 Å². The monoisotopic (exact) mass is 226 g/mol. The van der Waals surface area contributed by atoms with Gasteiger partial charge in [-0.15, -0.1) is 0 Å². The first-order valence-corrected chi connectivity index (χ1v) is 6.19. The Balaban J connectivity index is 3.07. The van der Waals surface area contributed by atoms with Crippen LogP contribution in [0.3, 0.4) is 0 Å². The molecule has 0 aromatic heterocycles. The van der Waals surface area contributed by atoms with Gasteiger partial charge in [0.15, 0.2) is 0 Å². The summed E-state index contributed by atoms with van der Waals surface area (Å²) in [5, 5.41) is 0. The van der Waals surface area contributed by atoms with E-state index in [4.69, 9.17) is 0 Å². The van der Waals surface area contributed by atoms with E-state index in [1.165, 1.54) is 11.1 Å². The average Bonchev–Trinajstić information content (AvgIpc) is 2.34. The van der Waals surface area contributed by atoms with Crippen molar-refractivity contribution in [2.45, 2.75) is 26.2 Å². The highest BCUT2D eigenvalue weighted by Crippen LogP contribution is 2.31. The molecule has 0 fully saturated rings. The summed E-state index contributed by atoms with van der Waals surface area (Å²) in [4.78, 5) is 0. The van der Waals surface area contributed by atoms with Crippen molar-refractivity contribution in [2.24, 2.45) is 5.92 Å². The molecule has 17 heavy (non-hydrogen) atoms. The minimum absolute atomic E-state index is 0.423. The molecule has 1 atom stereocenters. The van der Waals surface area contributed by atoms with Gasteiger partial charge < -0.3 is 0 Å². The standard InChI is InChI=1S/C17H22/c1-5-10-15(6-2)17(13-14(3)4)16-11-8-7-9-12-16/h5-12,14,17H,1-2,13H2,3-4H3/b15-10+. The van der Waals surface area contributed by atoms with Crippen LogP contribution in [0.2, 0.25) is 0 Å². The van der Waals surface area contributed by atoms with Crippen molar-refractivity contribution < 1.29 is 0 Å². The van der Waals surface area contributed by atoms with Crippen LogP contribution in [0.4, 0.5) is 0 Å². The van der Waals surface area contributed by atoms with E-state index >= 15 is 0 Å². The molecule has 0 aliphatic rings. The molecule has 1 aromatic carbocycles. The topological polar surface area (TPSA) is 0 Å². The van der Waals surface area contributed by atoms with E-state index in [0.29, 0.717) is 11.8 Å². The first-order valence-electron chi connectivity index (χ1n) is 6.19. The van der Waals surface area contributed by atoms with Gasteiger partial charge in [0.1, 0.15) is 0 Å². The highest BCUT2D eigenvalue weighted by molar-refractivity contribution is 5.36. The van der Waals surface area contributed by atoms with Crippen LogP contribution in [0.1, 0.15) is 31.7 Å². The Kier molecular flexibility index (Phi) is 5.48. The fraction of sp³-hybridized carbons (Fsp3) is 0.294. The van der Waals surface area contributed by atoms with Gasteiger partial charge in [0.25, 0.3) is 0 Å². The van der Waals surface area contributed by atoms with Crippen LogP contribution >= 0.6 is 0 Å². The Morgan fingerprint density at radius 1 is 1.18 bits per heavy atom. The van der Waals surface area contributed by atoms with Crippen LogP contribution in [0, 0.1) is 5.92 Å². The third-order valence-corrected chi connectivity index (χ3v) is 2.86. The average molecular weight is 226 g/mol. The van der Waals surface area contributed by atoms with E-state index in [1.54, 1.807) is 0 Å². The quantitative estimate of drug-likeness (QED) is 0.591. The first kappa shape index (κ1) is 13.5. The van der Waals surface area contributed by atoms with Crippen molar-refractivity contribution in [2.75, 3.05) is 0 Å². The molecule has 0 aliphatic heterocycles. The summed E-state index contributed by atoms with van der Waals surface area (Å²) in [7, 11) is 0. The maximum Gasteiger partial charge on any atom is 0.00915 e. The van der Waals surface area contributed by atoms with Gasteiger partial charge in [0.05, 0.1) is 0 Å². The zero-order valence-electron chi connectivity index (χ0n) is 10.9. The molecule has 0 aliphatic carbocycles. The molecule has 0 heterocycles. The van der Waals surface area contributed by atoms with E-state index in [9.17, 15) is 0 Å². The fourth-order valence-corrected chi connectivity index (χ4v) is 2.08. The van der Waals surface area contributed by atoms with Crippen LogP contribution < -0.4 is 0 Å². The smallest absolute Gasteiger partial charge is 0.00915 e. The van der Waals surface area contributed by atoms with Gasteiger partial charge in [0.2, 0.25) is 0 Å². The SMILES string of the molecule is C=C/C=C(\C=C)C(CC(C)C)c1ccccc1. The lowest BCUT2D eigenvalue weighted by Gasteiger charge is -2.20. The van der Waals surface area contributed by atoms with Gasteiger partial charge >= 0.3 is 0 Å². The largest absolute Gasteiger partial charge is 0.0991 e. The fourth-order valence-electron chi connectivity index (χ4n) is 2.08. The van der Waals surface area contributed by atoms with Crippen LogP contribution in [0.25, 0.3) is 0 Å². The van der Waals surface area contributed by atoms with Crippen LogP contribution in [-0.4, -0.2) is 0 Å². The molecule has 0 heteroatoms. The molecule has 0 N–H and O–H groups in total. The molecule has 0 amide bonds. The number of rotatable bonds is 6. The lowest BCUT2D eigenvalue weighted by molar-refractivity contribution is 0.541. The summed E-state index contributed by atoms with van der Waals surface area (Å²) in [6.07, 6.45) is 6.98. The molecule has 1 unspecified atom stereocenters. The Labute approximate surface area is 105 Å². The van der Waals surface area contributed by atoms with Gasteiger partial charge in [-0.05, 0) is 23.5 Å². The molecule has 0 saturated carbocycles. The van der Waals surface area contributed by atoms with Crippen LogP contribution in [0.15, 0.2) is 67.3 Å². The number of benzene rings is 1. The highest BCUT2D eigenvalue weighted by atomic mass is 14.2. The number of hydrogen-bond acceptors (Lipinski definition) is 0. The third-order valence-electron chi connectivity index (χ3n) is 2.86. The predicted octanol–water partition coefficient (Wildman–Crippen LogP) is 5.11. The summed E-state index contributed by atoms with van der Waals surface area (Å²) in [5.41, 5.74) is 2.61. The second kappa shape index (κ2) is 6.90. The van der Waals surface area contributed by atoms with Crippen LogP contribution in [0.5, 0.6) is 0 Å². The van der Waals surface area contributed by atoms with Crippen molar-refractivity contribution >= 4 is 0 Å². The Morgan fingerprint density at radius 3 is 2.29 bits per heavy atom. The lowest BCUT2D eigenvalue weighted by atomic mass is 9.84. The maximum absolute atomic E-state index is 3.92. The van der Waals surface area contributed by atoms with E-state index in [0.717, 1.165) is 6.42 Å². The third kappa shape index (κ3) is 4.07. The molecule has 0 nitrogen and oxygen atoms in total. The zero-order valence-corrected chi connectivity index (χ0v) is 10.9. The second-order valence-electron chi connectivity index (χ2n) is 4.70. The van der Waals surface area contributed by atoms with E-state index < -0.39 is 0 Å². The molecule has 1 rings (SSSR count). The Morgan fingerprint density at radius 2 is 1.82 bits per heavy atom. The Bertz CT molecular complexity index is 382. The summed E-state index contributed by atoms with van der Waals surface area (Å²) in [6, 6.07) is 10.6. The molecule has 1 aromatic rings. The maximum atomic E-state index is 3.92. The Hall–Kier alpha value is -1.56. The first-order chi connectivity index (χ1) is 8.19. The van der Waals surface area contributed by atoms with E-state index in [-0.39, 0.29) is 0 Å². The van der Waals surface area contributed by atoms with Gasteiger partial charge in [-0.3, -0.25) is 0 Å². The molecule has 0 radical (unpaired) electrons. The van der Waals surface area contributed by atoms with Crippen molar-refractivity contribution in [3.8, 4) is 0 Å². The molecule has 0 spiro atoms. The normalized spacial score (nSPS) is 13.5. The molecule has 90 valence electrons. The summed E-state index contributed by atoms with van der Waals surface area (Å²) < 4.78 is 0. The highest BCUT2D eigenvalue weighted by Gasteiger charge is 2.15. The summed E-state index contributed by atoms with van der Waals surface area (Å²) >= 11 is 0. The van der Waals surface area contributed by atoms with E-state index in [1.807, 2.05) is 12.2 Å². The van der Waals surface area contributed by atoms with Gasteiger partial charge in [-0.1, -0.05) is 75.6 Å². The lowest BCUT2D eigenvalue weighted by Crippen LogP contribution is -2.05. The molecular formula is C17H22. The van der Waals surface area contributed by atoms with Crippen molar-refractivity contribution in [1.29, 1.82) is 0 Å². The van der Waals surface area contributed by atoms with Gasteiger partial charge in [0, 0.05) is 5.92 Å². The van der Waals surface area contributed by atoms with Gasteiger partial charge in [-0.25, -0.2) is 0 Å². The van der Waals surface area contributed by atoms with Crippen molar-refractivity contribution in [3.05, 3.63) is 72.9 Å². The molecular weight excluding hydrogens is 204 g/mol. The predicted molar refractivity (Wildman–Crippen MR) is 77.1 cm³/mol. The second-order valence-corrected chi connectivity index (χ2v) is 4.70. The zero-order chi connectivity index (χ0) is 12.7. The molecule has 0 bridgehead atoms. The van der Waals surface area contributed by atoms with Gasteiger partial charge in [-0.2, -0.15) is 0 Å². The summed E-state index contributed by atoms with van der Waals surface area (Å²) in [5.74, 6) is 1.08. The minimum Gasteiger partial charge on any atom is -0.0991 e. The van der Waals surface area contributed by atoms with Crippen molar-refractivity contribution in [1.82, 2.24) is 0 Å². The molecule has 0 saturated heterocycles. The number of hydrogen-bond donors (Lipinski definition) is 0. The minimum atomic E-state index is 0.423. The number of allylic oxidation sites excluding steroid dienone is 4.